The zero-order chi connectivity index (χ0) is 22.4. The number of carboxylic acid groups (broad SMARTS) is 1. The third-order valence-corrected chi connectivity index (χ3v) is 5.54. The Balaban J connectivity index is 1.78. The molecule has 1 aromatic heterocycles. The number of benzene rings is 3. The summed E-state index contributed by atoms with van der Waals surface area (Å²) in [6, 6.07) is 17.7. The van der Waals surface area contributed by atoms with Crippen LogP contribution in [0.1, 0.15) is 33.8 Å². The van der Waals surface area contributed by atoms with Crippen LogP contribution in [0.15, 0.2) is 75.9 Å². The molecule has 2 heterocycles. The molecule has 1 atom stereocenters. The van der Waals surface area contributed by atoms with E-state index in [-0.39, 0.29) is 34.5 Å². The predicted molar refractivity (Wildman–Crippen MR) is 115 cm³/mol. The molecule has 0 saturated heterocycles. The van der Waals surface area contributed by atoms with Gasteiger partial charge >= 0.3 is 11.9 Å². The second-order valence-electron chi connectivity index (χ2n) is 7.51. The Labute approximate surface area is 181 Å². The van der Waals surface area contributed by atoms with Crippen molar-refractivity contribution >= 4 is 22.9 Å². The average Bonchev–Trinajstić information content (AvgIpc) is 2.78. The van der Waals surface area contributed by atoms with Crippen LogP contribution >= 0.6 is 0 Å². The van der Waals surface area contributed by atoms with Crippen molar-refractivity contribution in [2.45, 2.75) is 12.3 Å². The zero-order valence-corrected chi connectivity index (χ0v) is 16.6. The SMILES string of the molecule is O=C1C[C@@H](c2ccc(C(=O)O)cc2)c2c(cc(O)c3c(=O)cc(-c4ccccc4)oc23)O1. The molecule has 1 aliphatic rings. The minimum absolute atomic E-state index is 0.00598. The molecule has 0 radical (unpaired) electrons. The fraction of sp³-hybridized carbons (Fsp3) is 0.0800. The summed E-state index contributed by atoms with van der Waals surface area (Å²) in [5.41, 5.74) is 1.61. The lowest BCUT2D eigenvalue weighted by Crippen LogP contribution is -2.22. The standard InChI is InChI=1S/C25H16O7/c26-17-11-19(14-4-2-1-3-5-14)32-24-22-16(13-6-8-15(9-7-13)25(29)30)10-21(28)31-20(22)12-18(27)23(17)24/h1-9,11-12,16,27H,10H2,(H,29,30)/t16-/m0/s1. The maximum Gasteiger partial charge on any atom is 0.335 e. The molecule has 158 valence electrons. The van der Waals surface area contributed by atoms with Gasteiger partial charge in [-0.3, -0.25) is 9.59 Å². The number of carboxylic acids is 1. The maximum atomic E-state index is 12.9. The number of hydrogen-bond donors (Lipinski definition) is 2. The second-order valence-corrected chi connectivity index (χ2v) is 7.51. The Morgan fingerprint density at radius 3 is 2.38 bits per heavy atom. The van der Waals surface area contributed by atoms with E-state index < -0.39 is 23.3 Å². The number of rotatable bonds is 3. The highest BCUT2D eigenvalue weighted by Crippen LogP contribution is 2.45. The summed E-state index contributed by atoms with van der Waals surface area (Å²) in [5.74, 6) is -2.05. The van der Waals surface area contributed by atoms with Gasteiger partial charge in [-0.05, 0) is 17.7 Å². The van der Waals surface area contributed by atoms with Gasteiger partial charge in [0.15, 0.2) is 5.43 Å². The van der Waals surface area contributed by atoms with Crippen molar-refractivity contribution in [3.05, 3.63) is 93.6 Å². The Hall–Kier alpha value is -4.39. The monoisotopic (exact) mass is 428 g/mol. The van der Waals surface area contributed by atoms with E-state index in [1.807, 2.05) is 18.2 Å². The van der Waals surface area contributed by atoms with Gasteiger partial charge in [0.1, 0.15) is 28.2 Å². The summed E-state index contributed by atoms with van der Waals surface area (Å²) in [6.07, 6.45) is -0.0292. The largest absolute Gasteiger partial charge is 0.507 e. The molecule has 3 aromatic carbocycles. The van der Waals surface area contributed by atoms with E-state index in [0.717, 1.165) is 0 Å². The van der Waals surface area contributed by atoms with E-state index in [1.54, 1.807) is 24.3 Å². The Morgan fingerprint density at radius 2 is 1.69 bits per heavy atom. The first-order chi connectivity index (χ1) is 15.4. The topological polar surface area (TPSA) is 114 Å². The van der Waals surface area contributed by atoms with Crippen LogP contribution in [-0.2, 0) is 4.79 Å². The Kier molecular flexibility index (Phi) is 4.52. The number of esters is 1. The number of aromatic carboxylic acids is 1. The molecular formula is C25H16O7. The number of hydrogen-bond acceptors (Lipinski definition) is 6. The van der Waals surface area contributed by atoms with Crippen LogP contribution in [0, 0.1) is 0 Å². The van der Waals surface area contributed by atoms with Gasteiger partial charge in [0, 0.05) is 29.2 Å². The summed E-state index contributed by atoms with van der Waals surface area (Å²) < 4.78 is 11.5. The van der Waals surface area contributed by atoms with Crippen molar-refractivity contribution in [2.75, 3.05) is 0 Å². The first kappa shape index (κ1) is 19.6. The van der Waals surface area contributed by atoms with Crippen molar-refractivity contribution in [3.8, 4) is 22.8 Å². The second kappa shape index (κ2) is 7.39. The summed E-state index contributed by atoms with van der Waals surface area (Å²) in [7, 11) is 0. The van der Waals surface area contributed by atoms with Gasteiger partial charge in [0.2, 0.25) is 0 Å². The van der Waals surface area contributed by atoms with E-state index in [4.69, 9.17) is 9.15 Å². The fourth-order valence-corrected chi connectivity index (χ4v) is 4.05. The zero-order valence-electron chi connectivity index (χ0n) is 16.6. The van der Waals surface area contributed by atoms with E-state index in [0.29, 0.717) is 22.5 Å². The number of ether oxygens (including phenoxy) is 1. The smallest absolute Gasteiger partial charge is 0.335 e. The molecule has 0 fully saturated rings. The first-order valence-corrected chi connectivity index (χ1v) is 9.85. The molecule has 0 unspecified atom stereocenters. The molecule has 5 rings (SSSR count). The third-order valence-electron chi connectivity index (χ3n) is 5.54. The summed E-state index contributed by atoms with van der Waals surface area (Å²) in [5, 5.41) is 19.7. The van der Waals surface area contributed by atoms with E-state index in [9.17, 15) is 24.6 Å². The molecular weight excluding hydrogens is 412 g/mol. The minimum Gasteiger partial charge on any atom is -0.507 e. The highest BCUT2D eigenvalue weighted by atomic mass is 16.5. The van der Waals surface area contributed by atoms with E-state index in [2.05, 4.69) is 0 Å². The molecule has 0 amide bonds. The number of phenols is 1. The highest BCUT2D eigenvalue weighted by molar-refractivity contribution is 5.93. The lowest BCUT2D eigenvalue weighted by atomic mass is 9.84. The van der Waals surface area contributed by atoms with Gasteiger partial charge in [-0.2, -0.15) is 0 Å². The fourth-order valence-electron chi connectivity index (χ4n) is 4.05. The number of fused-ring (bicyclic) bond motifs is 3. The van der Waals surface area contributed by atoms with Gasteiger partial charge in [-0.15, -0.1) is 0 Å². The summed E-state index contributed by atoms with van der Waals surface area (Å²) >= 11 is 0. The number of aromatic hydroxyl groups is 1. The van der Waals surface area contributed by atoms with Crippen LogP contribution in [0.3, 0.4) is 0 Å². The van der Waals surface area contributed by atoms with E-state index >= 15 is 0 Å². The van der Waals surface area contributed by atoms with Gasteiger partial charge in [0.25, 0.3) is 0 Å². The van der Waals surface area contributed by atoms with Crippen LogP contribution in [0.5, 0.6) is 11.5 Å². The lowest BCUT2D eigenvalue weighted by molar-refractivity contribution is -0.135. The molecule has 1 aliphatic heterocycles. The molecule has 4 aromatic rings. The third kappa shape index (κ3) is 3.20. The van der Waals surface area contributed by atoms with Crippen molar-refractivity contribution in [1.82, 2.24) is 0 Å². The van der Waals surface area contributed by atoms with Crippen molar-refractivity contribution < 1.29 is 29.0 Å². The highest BCUT2D eigenvalue weighted by Gasteiger charge is 2.33. The van der Waals surface area contributed by atoms with Crippen LogP contribution in [0.2, 0.25) is 0 Å². The summed E-state index contributed by atoms with van der Waals surface area (Å²) in [4.78, 5) is 36.4. The Morgan fingerprint density at radius 1 is 0.969 bits per heavy atom. The van der Waals surface area contributed by atoms with E-state index in [1.165, 1.54) is 24.3 Å². The molecule has 0 saturated carbocycles. The number of phenolic OH excluding ortho intramolecular Hbond substituents is 1. The van der Waals surface area contributed by atoms with Crippen LogP contribution in [0.4, 0.5) is 0 Å². The average molecular weight is 428 g/mol. The van der Waals surface area contributed by atoms with Crippen molar-refractivity contribution in [2.24, 2.45) is 0 Å². The first-order valence-electron chi connectivity index (χ1n) is 9.85. The minimum atomic E-state index is -1.06. The predicted octanol–water partition coefficient (Wildman–Crippen LogP) is 4.30. The van der Waals surface area contributed by atoms with Gasteiger partial charge in [0.05, 0.1) is 12.0 Å². The molecule has 32 heavy (non-hydrogen) atoms. The van der Waals surface area contributed by atoms with Crippen LogP contribution in [0.25, 0.3) is 22.3 Å². The molecule has 2 N–H and O–H groups in total. The van der Waals surface area contributed by atoms with Gasteiger partial charge in [-0.25, -0.2) is 4.79 Å². The quantitative estimate of drug-likeness (QED) is 0.369. The number of carbonyl (C=O) groups is 2. The molecule has 7 nitrogen and oxygen atoms in total. The van der Waals surface area contributed by atoms with Gasteiger partial charge in [-0.1, -0.05) is 42.5 Å². The van der Waals surface area contributed by atoms with Crippen LogP contribution in [-0.4, -0.2) is 22.2 Å². The molecule has 7 heteroatoms. The van der Waals surface area contributed by atoms with Crippen molar-refractivity contribution in [3.63, 3.8) is 0 Å². The lowest BCUT2D eigenvalue weighted by Gasteiger charge is -2.26. The molecule has 0 bridgehead atoms. The van der Waals surface area contributed by atoms with Gasteiger partial charge < -0.3 is 19.4 Å². The maximum absolute atomic E-state index is 12.9. The number of carbonyl (C=O) groups excluding carboxylic acids is 1. The molecule has 0 aliphatic carbocycles. The van der Waals surface area contributed by atoms with Crippen LogP contribution < -0.4 is 10.2 Å². The van der Waals surface area contributed by atoms with Crippen molar-refractivity contribution in [1.29, 1.82) is 0 Å². The molecule has 0 spiro atoms. The summed E-state index contributed by atoms with van der Waals surface area (Å²) in [6.45, 7) is 0. The Bertz CT molecular complexity index is 1430. The normalized spacial score (nSPS) is 15.2.